The highest BCUT2D eigenvalue weighted by Gasteiger charge is 2.27. The van der Waals surface area contributed by atoms with E-state index in [4.69, 9.17) is 0 Å². The second kappa shape index (κ2) is 7.36. The topological polar surface area (TPSA) is 62.2 Å². The van der Waals surface area contributed by atoms with Crippen LogP contribution in [0.1, 0.15) is 68.6 Å². The lowest BCUT2D eigenvalue weighted by Gasteiger charge is -2.31. The van der Waals surface area contributed by atoms with Crippen molar-refractivity contribution < 1.29 is 9.90 Å². The van der Waals surface area contributed by atoms with E-state index in [2.05, 4.69) is 44.9 Å². The number of aliphatic hydroxyl groups is 1. The third-order valence-electron chi connectivity index (χ3n) is 4.14. The lowest BCUT2D eigenvalue weighted by Crippen LogP contribution is -2.37. The van der Waals surface area contributed by atoms with Crippen molar-refractivity contribution in [1.82, 2.24) is 10.3 Å². The SMILES string of the molecule is CCC(CC)(CCO)CNC(=O)c1cnc(C(C)(C)C)s1. The van der Waals surface area contributed by atoms with Crippen molar-refractivity contribution in [3.63, 3.8) is 0 Å². The van der Waals surface area contributed by atoms with Crippen molar-refractivity contribution in [3.05, 3.63) is 16.1 Å². The van der Waals surface area contributed by atoms with E-state index < -0.39 is 0 Å². The minimum Gasteiger partial charge on any atom is -0.396 e. The molecule has 1 rings (SSSR count). The van der Waals surface area contributed by atoms with Gasteiger partial charge in [-0.2, -0.15) is 0 Å². The summed E-state index contributed by atoms with van der Waals surface area (Å²) in [6.07, 6.45) is 4.27. The number of rotatable bonds is 7. The van der Waals surface area contributed by atoms with Gasteiger partial charge in [0.05, 0.1) is 11.2 Å². The Balaban J connectivity index is 2.71. The molecule has 1 heterocycles. The van der Waals surface area contributed by atoms with Crippen molar-refractivity contribution in [2.75, 3.05) is 13.2 Å². The molecule has 5 heteroatoms. The fourth-order valence-corrected chi connectivity index (χ4v) is 3.15. The van der Waals surface area contributed by atoms with Gasteiger partial charge < -0.3 is 10.4 Å². The van der Waals surface area contributed by atoms with E-state index in [0.29, 0.717) is 11.4 Å². The van der Waals surface area contributed by atoms with Crippen LogP contribution in [0.2, 0.25) is 0 Å². The number of aliphatic hydroxyl groups excluding tert-OH is 1. The normalized spacial score (nSPS) is 12.5. The summed E-state index contributed by atoms with van der Waals surface area (Å²) < 4.78 is 0. The summed E-state index contributed by atoms with van der Waals surface area (Å²) in [5, 5.41) is 13.2. The van der Waals surface area contributed by atoms with Crippen LogP contribution in [-0.4, -0.2) is 29.1 Å². The maximum Gasteiger partial charge on any atom is 0.263 e. The average molecular weight is 312 g/mol. The fraction of sp³-hybridized carbons (Fsp3) is 0.750. The van der Waals surface area contributed by atoms with Crippen LogP contribution in [-0.2, 0) is 5.41 Å². The Morgan fingerprint density at radius 1 is 1.33 bits per heavy atom. The molecule has 21 heavy (non-hydrogen) atoms. The van der Waals surface area contributed by atoms with Crippen LogP contribution in [0.4, 0.5) is 0 Å². The molecule has 1 aromatic heterocycles. The number of hydrogen-bond donors (Lipinski definition) is 2. The highest BCUT2D eigenvalue weighted by Crippen LogP contribution is 2.30. The molecule has 0 aliphatic heterocycles. The van der Waals surface area contributed by atoms with Crippen LogP contribution < -0.4 is 5.32 Å². The van der Waals surface area contributed by atoms with E-state index in [0.717, 1.165) is 24.3 Å². The molecule has 0 spiro atoms. The molecular formula is C16H28N2O2S. The molecule has 0 unspecified atom stereocenters. The summed E-state index contributed by atoms with van der Waals surface area (Å²) >= 11 is 1.45. The molecule has 1 aromatic rings. The van der Waals surface area contributed by atoms with Crippen LogP contribution >= 0.6 is 11.3 Å². The summed E-state index contributed by atoms with van der Waals surface area (Å²) in [5.74, 6) is -0.0628. The van der Waals surface area contributed by atoms with Gasteiger partial charge in [-0.25, -0.2) is 4.98 Å². The first-order valence-corrected chi connectivity index (χ1v) is 8.45. The number of aromatic nitrogens is 1. The lowest BCUT2D eigenvalue weighted by atomic mass is 9.79. The molecule has 0 radical (unpaired) electrons. The summed E-state index contributed by atoms with van der Waals surface area (Å²) in [4.78, 5) is 17.3. The van der Waals surface area contributed by atoms with Gasteiger partial charge in [-0.05, 0) is 24.7 Å². The number of amides is 1. The van der Waals surface area contributed by atoms with Crippen molar-refractivity contribution in [3.8, 4) is 0 Å². The van der Waals surface area contributed by atoms with Gasteiger partial charge in [0.25, 0.3) is 5.91 Å². The van der Waals surface area contributed by atoms with E-state index in [1.165, 1.54) is 11.3 Å². The third kappa shape index (κ3) is 4.78. The van der Waals surface area contributed by atoms with Crippen molar-refractivity contribution in [1.29, 1.82) is 0 Å². The highest BCUT2D eigenvalue weighted by atomic mass is 32.1. The standard InChI is InChI=1S/C16H28N2O2S/c1-6-16(7-2,8-9-19)11-18-13(20)12-10-17-14(21-12)15(3,4)5/h10,19H,6-9,11H2,1-5H3,(H,18,20). The molecular weight excluding hydrogens is 284 g/mol. The van der Waals surface area contributed by atoms with E-state index in [1.54, 1.807) is 6.20 Å². The van der Waals surface area contributed by atoms with E-state index in [9.17, 15) is 9.90 Å². The van der Waals surface area contributed by atoms with Gasteiger partial charge in [0.15, 0.2) is 0 Å². The monoisotopic (exact) mass is 312 g/mol. The van der Waals surface area contributed by atoms with Crippen molar-refractivity contribution in [2.45, 2.75) is 59.3 Å². The third-order valence-corrected chi connectivity index (χ3v) is 5.56. The number of nitrogens with zero attached hydrogens (tertiary/aromatic N) is 1. The maximum atomic E-state index is 12.3. The Bertz CT molecular complexity index is 459. The largest absolute Gasteiger partial charge is 0.396 e. The average Bonchev–Trinajstić information content (AvgIpc) is 2.93. The van der Waals surface area contributed by atoms with E-state index in [1.807, 2.05) is 0 Å². The van der Waals surface area contributed by atoms with E-state index >= 15 is 0 Å². The first-order valence-electron chi connectivity index (χ1n) is 7.63. The van der Waals surface area contributed by atoms with Crippen LogP contribution in [0.5, 0.6) is 0 Å². The second-order valence-electron chi connectivity index (χ2n) is 6.64. The van der Waals surface area contributed by atoms with Gasteiger partial charge >= 0.3 is 0 Å². The Kier molecular flexibility index (Phi) is 6.35. The zero-order valence-electron chi connectivity index (χ0n) is 13.8. The maximum absolute atomic E-state index is 12.3. The Hall–Kier alpha value is -0.940. The molecule has 120 valence electrons. The van der Waals surface area contributed by atoms with Crippen LogP contribution in [0.15, 0.2) is 6.20 Å². The summed E-state index contributed by atoms with van der Waals surface area (Å²) in [6, 6.07) is 0. The molecule has 1 amide bonds. The molecule has 0 aromatic carbocycles. The zero-order chi connectivity index (χ0) is 16.1. The summed E-state index contributed by atoms with van der Waals surface area (Å²) in [5.41, 5.74) is -0.0430. The smallest absolute Gasteiger partial charge is 0.263 e. The number of hydrogen-bond acceptors (Lipinski definition) is 4. The molecule has 0 atom stereocenters. The minimum absolute atomic E-state index is 0.0119. The first-order chi connectivity index (χ1) is 9.78. The number of thiazole rings is 1. The number of nitrogens with one attached hydrogen (secondary N) is 1. The molecule has 0 aliphatic carbocycles. The van der Waals surface area contributed by atoms with Gasteiger partial charge in [-0.3, -0.25) is 4.79 Å². The molecule has 0 aliphatic rings. The number of carbonyl (C=O) groups is 1. The first kappa shape index (κ1) is 18.1. The molecule has 0 bridgehead atoms. The van der Waals surface area contributed by atoms with E-state index in [-0.39, 0.29) is 23.3 Å². The molecule has 0 saturated heterocycles. The van der Waals surface area contributed by atoms with Crippen LogP contribution in [0.3, 0.4) is 0 Å². The van der Waals surface area contributed by atoms with Crippen LogP contribution in [0, 0.1) is 5.41 Å². The predicted molar refractivity (Wildman–Crippen MR) is 87.9 cm³/mol. The Morgan fingerprint density at radius 2 is 1.95 bits per heavy atom. The predicted octanol–water partition coefficient (Wildman–Crippen LogP) is 3.36. The lowest BCUT2D eigenvalue weighted by molar-refractivity contribution is 0.0911. The van der Waals surface area contributed by atoms with Gasteiger partial charge in [-0.1, -0.05) is 34.6 Å². The van der Waals surface area contributed by atoms with Gasteiger partial charge in [0.2, 0.25) is 0 Å². The van der Waals surface area contributed by atoms with Crippen LogP contribution in [0.25, 0.3) is 0 Å². The summed E-state index contributed by atoms with van der Waals surface area (Å²) in [7, 11) is 0. The molecule has 4 nitrogen and oxygen atoms in total. The minimum atomic E-state index is -0.0628. The molecule has 0 fully saturated rings. The van der Waals surface area contributed by atoms with Gasteiger partial charge in [0, 0.05) is 18.6 Å². The highest BCUT2D eigenvalue weighted by molar-refractivity contribution is 7.13. The van der Waals surface area contributed by atoms with Gasteiger partial charge in [0.1, 0.15) is 4.88 Å². The quantitative estimate of drug-likeness (QED) is 0.811. The van der Waals surface area contributed by atoms with Crippen molar-refractivity contribution in [2.24, 2.45) is 5.41 Å². The Labute approximate surface area is 132 Å². The Morgan fingerprint density at radius 3 is 2.38 bits per heavy atom. The van der Waals surface area contributed by atoms with Gasteiger partial charge in [-0.15, -0.1) is 11.3 Å². The van der Waals surface area contributed by atoms with Crippen molar-refractivity contribution >= 4 is 17.2 Å². The zero-order valence-corrected chi connectivity index (χ0v) is 14.6. The number of carbonyl (C=O) groups excluding carboxylic acids is 1. The fourth-order valence-electron chi connectivity index (χ4n) is 2.26. The second-order valence-corrected chi connectivity index (χ2v) is 7.67. The molecule has 0 saturated carbocycles. The molecule has 2 N–H and O–H groups in total. The summed E-state index contributed by atoms with van der Waals surface area (Å²) in [6.45, 7) is 11.2.